The van der Waals surface area contributed by atoms with Gasteiger partial charge in [0.25, 0.3) is 0 Å². The van der Waals surface area contributed by atoms with Crippen molar-refractivity contribution in [3.05, 3.63) is 24.2 Å². The summed E-state index contributed by atoms with van der Waals surface area (Å²) in [5.74, 6) is 0. The quantitative estimate of drug-likeness (QED) is 0.834. The monoisotopic (exact) mass is 216 g/mol. The average molecular weight is 216 g/mol. The first-order chi connectivity index (χ1) is 7.93. The number of aromatic nitrogens is 3. The average Bonchev–Trinajstić information content (AvgIpc) is 2.74. The first-order valence-electron chi connectivity index (χ1n) is 5.93. The van der Waals surface area contributed by atoms with E-state index in [0.717, 1.165) is 17.7 Å². The zero-order valence-electron chi connectivity index (χ0n) is 9.32. The van der Waals surface area contributed by atoms with Gasteiger partial charge in [-0.2, -0.15) is 0 Å². The standard InChI is InChI=1S/C12H16N4/c1-2-6-16(7-3-1)9-10-8-15-12-11(10)13-4-5-14-12/h4-5,8H,1-3,6-7,9H2,(H,14,15). The van der Waals surface area contributed by atoms with E-state index in [2.05, 4.69) is 19.9 Å². The SMILES string of the molecule is c1cnc2c(CN3CCCCC3)c[nH]c2n1. The molecule has 0 aliphatic carbocycles. The zero-order chi connectivity index (χ0) is 10.8. The molecule has 2 aromatic heterocycles. The van der Waals surface area contributed by atoms with Crippen LogP contribution >= 0.6 is 0 Å². The Bertz CT molecular complexity index is 471. The number of nitrogens with one attached hydrogen (secondary N) is 1. The van der Waals surface area contributed by atoms with E-state index in [4.69, 9.17) is 0 Å². The number of aromatic amines is 1. The number of rotatable bonds is 2. The van der Waals surface area contributed by atoms with Crippen LogP contribution in [0.25, 0.3) is 11.2 Å². The predicted molar refractivity (Wildman–Crippen MR) is 63.0 cm³/mol. The Kier molecular flexibility index (Phi) is 2.58. The maximum Gasteiger partial charge on any atom is 0.156 e. The van der Waals surface area contributed by atoms with Gasteiger partial charge in [-0.05, 0) is 25.9 Å². The van der Waals surface area contributed by atoms with Crippen LogP contribution < -0.4 is 0 Å². The molecule has 4 nitrogen and oxygen atoms in total. The third-order valence-corrected chi connectivity index (χ3v) is 3.23. The molecule has 84 valence electrons. The second-order valence-electron chi connectivity index (χ2n) is 4.40. The molecule has 1 saturated heterocycles. The fraction of sp³-hybridized carbons (Fsp3) is 0.500. The van der Waals surface area contributed by atoms with Gasteiger partial charge in [0, 0.05) is 30.7 Å². The summed E-state index contributed by atoms with van der Waals surface area (Å²) in [4.78, 5) is 14.3. The molecule has 0 spiro atoms. The van der Waals surface area contributed by atoms with Crippen molar-refractivity contribution in [1.29, 1.82) is 0 Å². The molecule has 1 aliphatic heterocycles. The normalized spacial score (nSPS) is 18.0. The third-order valence-electron chi connectivity index (χ3n) is 3.23. The van der Waals surface area contributed by atoms with Gasteiger partial charge in [-0.15, -0.1) is 0 Å². The van der Waals surface area contributed by atoms with Crippen molar-refractivity contribution in [2.75, 3.05) is 13.1 Å². The topological polar surface area (TPSA) is 44.8 Å². The van der Waals surface area contributed by atoms with Crippen molar-refractivity contribution < 1.29 is 0 Å². The lowest BCUT2D eigenvalue weighted by Gasteiger charge is -2.25. The van der Waals surface area contributed by atoms with Crippen LogP contribution in [0.1, 0.15) is 24.8 Å². The van der Waals surface area contributed by atoms with E-state index in [1.165, 1.54) is 37.9 Å². The number of hydrogen-bond donors (Lipinski definition) is 1. The highest BCUT2D eigenvalue weighted by Gasteiger charge is 2.13. The van der Waals surface area contributed by atoms with Crippen LogP contribution in [0.2, 0.25) is 0 Å². The molecule has 0 saturated carbocycles. The van der Waals surface area contributed by atoms with Crippen LogP contribution in [-0.4, -0.2) is 32.9 Å². The fourth-order valence-electron chi connectivity index (χ4n) is 2.38. The van der Waals surface area contributed by atoms with Crippen molar-refractivity contribution in [3.8, 4) is 0 Å². The van der Waals surface area contributed by atoms with Gasteiger partial charge in [-0.25, -0.2) is 4.98 Å². The summed E-state index contributed by atoms with van der Waals surface area (Å²) in [6.07, 6.45) is 9.56. The van der Waals surface area contributed by atoms with E-state index >= 15 is 0 Å². The maximum atomic E-state index is 4.39. The molecule has 3 heterocycles. The van der Waals surface area contributed by atoms with Crippen LogP contribution in [0.3, 0.4) is 0 Å². The highest BCUT2D eigenvalue weighted by molar-refractivity contribution is 5.74. The third kappa shape index (κ3) is 1.80. The predicted octanol–water partition coefficient (Wildman–Crippen LogP) is 1.94. The highest BCUT2D eigenvalue weighted by atomic mass is 15.1. The molecular formula is C12H16N4. The first kappa shape index (κ1) is 9.78. The van der Waals surface area contributed by atoms with Gasteiger partial charge in [0.15, 0.2) is 5.65 Å². The van der Waals surface area contributed by atoms with Gasteiger partial charge < -0.3 is 4.98 Å². The number of nitrogens with zero attached hydrogens (tertiary/aromatic N) is 3. The second-order valence-corrected chi connectivity index (χ2v) is 4.40. The van der Waals surface area contributed by atoms with Crippen molar-refractivity contribution in [2.24, 2.45) is 0 Å². The summed E-state index contributed by atoms with van der Waals surface area (Å²) >= 11 is 0. The molecular weight excluding hydrogens is 200 g/mol. The highest BCUT2D eigenvalue weighted by Crippen LogP contribution is 2.17. The minimum absolute atomic E-state index is 0.898. The minimum Gasteiger partial charge on any atom is -0.344 e. The largest absolute Gasteiger partial charge is 0.344 e. The summed E-state index contributed by atoms with van der Waals surface area (Å²) in [5, 5.41) is 0. The van der Waals surface area contributed by atoms with Crippen molar-refractivity contribution in [1.82, 2.24) is 19.9 Å². The van der Waals surface area contributed by atoms with E-state index in [1.54, 1.807) is 12.4 Å². The molecule has 0 aromatic carbocycles. The van der Waals surface area contributed by atoms with E-state index < -0.39 is 0 Å². The number of likely N-dealkylation sites (tertiary alicyclic amines) is 1. The minimum atomic E-state index is 0.898. The molecule has 0 amide bonds. The lowest BCUT2D eigenvalue weighted by molar-refractivity contribution is 0.221. The molecule has 16 heavy (non-hydrogen) atoms. The van der Waals surface area contributed by atoms with Gasteiger partial charge in [0.2, 0.25) is 0 Å². The van der Waals surface area contributed by atoms with Crippen LogP contribution in [0, 0.1) is 0 Å². The first-order valence-corrected chi connectivity index (χ1v) is 5.93. The number of fused-ring (bicyclic) bond motifs is 1. The molecule has 1 fully saturated rings. The Balaban J connectivity index is 1.83. The second kappa shape index (κ2) is 4.22. The summed E-state index contributed by atoms with van der Waals surface area (Å²) in [7, 11) is 0. The van der Waals surface area contributed by atoms with Gasteiger partial charge in [-0.3, -0.25) is 9.88 Å². The van der Waals surface area contributed by atoms with Crippen LogP contribution in [-0.2, 0) is 6.54 Å². The Labute approximate surface area is 94.7 Å². The Morgan fingerprint density at radius 2 is 1.94 bits per heavy atom. The molecule has 0 radical (unpaired) electrons. The Morgan fingerprint density at radius 3 is 2.81 bits per heavy atom. The number of hydrogen-bond acceptors (Lipinski definition) is 3. The van der Waals surface area contributed by atoms with Crippen molar-refractivity contribution in [2.45, 2.75) is 25.8 Å². The Morgan fingerprint density at radius 1 is 1.12 bits per heavy atom. The van der Waals surface area contributed by atoms with Crippen LogP contribution in [0.4, 0.5) is 0 Å². The van der Waals surface area contributed by atoms with Gasteiger partial charge in [0.05, 0.1) is 0 Å². The van der Waals surface area contributed by atoms with Crippen molar-refractivity contribution >= 4 is 11.2 Å². The molecule has 4 heteroatoms. The molecule has 0 unspecified atom stereocenters. The van der Waals surface area contributed by atoms with Gasteiger partial charge in [-0.1, -0.05) is 6.42 Å². The summed E-state index contributed by atoms with van der Waals surface area (Å²) < 4.78 is 0. The molecule has 0 bridgehead atoms. The Hall–Kier alpha value is -1.42. The van der Waals surface area contributed by atoms with E-state index in [-0.39, 0.29) is 0 Å². The molecule has 2 aromatic rings. The van der Waals surface area contributed by atoms with Gasteiger partial charge in [0.1, 0.15) is 5.52 Å². The molecule has 0 atom stereocenters. The van der Waals surface area contributed by atoms with Crippen LogP contribution in [0.15, 0.2) is 18.6 Å². The summed E-state index contributed by atoms with van der Waals surface area (Å²) in [6, 6.07) is 0. The summed E-state index contributed by atoms with van der Waals surface area (Å²) in [6.45, 7) is 3.43. The molecule has 1 N–H and O–H groups in total. The van der Waals surface area contributed by atoms with Gasteiger partial charge >= 0.3 is 0 Å². The summed E-state index contributed by atoms with van der Waals surface area (Å²) in [5.41, 5.74) is 3.19. The maximum absolute atomic E-state index is 4.39. The lowest BCUT2D eigenvalue weighted by Crippen LogP contribution is -2.29. The van der Waals surface area contributed by atoms with E-state index in [9.17, 15) is 0 Å². The molecule has 3 rings (SSSR count). The number of H-pyrrole nitrogens is 1. The molecule has 1 aliphatic rings. The van der Waals surface area contributed by atoms with Crippen molar-refractivity contribution in [3.63, 3.8) is 0 Å². The lowest BCUT2D eigenvalue weighted by atomic mass is 10.1. The fourth-order valence-corrected chi connectivity index (χ4v) is 2.38. The smallest absolute Gasteiger partial charge is 0.156 e. The van der Waals surface area contributed by atoms with Crippen LogP contribution in [0.5, 0.6) is 0 Å². The van der Waals surface area contributed by atoms with E-state index in [1.807, 2.05) is 6.20 Å². The number of piperidine rings is 1. The zero-order valence-corrected chi connectivity index (χ0v) is 9.32. The van der Waals surface area contributed by atoms with E-state index in [0.29, 0.717) is 0 Å².